The van der Waals surface area contributed by atoms with E-state index in [9.17, 15) is 14.4 Å². The van der Waals surface area contributed by atoms with Crippen molar-refractivity contribution in [3.8, 4) is 17.3 Å². The molecule has 0 spiro atoms. The maximum absolute atomic E-state index is 13.0. The molecule has 0 radical (unpaired) electrons. The fourth-order valence-electron chi connectivity index (χ4n) is 3.25. The van der Waals surface area contributed by atoms with Gasteiger partial charge < -0.3 is 15.5 Å². The summed E-state index contributed by atoms with van der Waals surface area (Å²) < 4.78 is 1.66. The van der Waals surface area contributed by atoms with E-state index in [1.807, 2.05) is 33.8 Å². The number of nitrogens with zero attached hydrogens (tertiary/aromatic N) is 4. The van der Waals surface area contributed by atoms with Crippen LogP contribution in [0.2, 0.25) is 0 Å². The zero-order chi connectivity index (χ0) is 22.1. The molecule has 1 unspecified atom stereocenters. The van der Waals surface area contributed by atoms with E-state index >= 15 is 0 Å². The number of carbonyl (C=O) groups excluding carboxylic acids is 3. The molecule has 0 bridgehead atoms. The highest BCUT2D eigenvalue weighted by atomic mass is 16.2. The average Bonchev–Trinajstić information content (AvgIpc) is 3.15. The number of carbonyl (C=O) groups is 3. The molecule has 3 amide bonds. The highest BCUT2D eigenvalue weighted by molar-refractivity contribution is 5.96. The molecule has 3 rings (SSSR count). The van der Waals surface area contributed by atoms with Gasteiger partial charge in [0.15, 0.2) is 0 Å². The fourth-order valence-corrected chi connectivity index (χ4v) is 3.25. The number of anilines is 1. The smallest absolute Gasteiger partial charge is 0.273 e. The van der Waals surface area contributed by atoms with Gasteiger partial charge in [0.2, 0.25) is 12.3 Å². The fraction of sp³-hybridized carbons (Fsp3) is 0.381. The third-order valence-electron chi connectivity index (χ3n) is 4.89. The molecule has 1 aromatic heterocycles. The molecule has 0 aliphatic carbocycles. The van der Waals surface area contributed by atoms with Crippen molar-refractivity contribution in [2.75, 3.05) is 18.5 Å². The third kappa shape index (κ3) is 4.03. The van der Waals surface area contributed by atoms with Gasteiger partial charge in [-0.3, -0.25) is 19.1 Å². The first kappa shape index (κ1) is 21.0. The van der Waals surface area contributed by atoms with Crippen molar-refractivity contribution in [2.24, 2.45) is 5.41 Å². The third-order valence-corrected chi connectivity index (χ3v) is 4.89. The van der Waals surface area contributed by atoms with Crippen LogP contribution in [-0.4, -0.2) is 46.1 Å². The summed E-state index contributed by atoms with van der Waals surface area (Å²) >= 11 is 0. The minimum absolute atomic E-state index is 0.0983. The van der Waals surface area contributed by atoms with Gasteiger partial charge in [0.25, 0.3) is 5.91 Å². The first-order chi connectivity index (χ1) is 14.2. The number of aromatic nitrogens is 2. The van der Waals surface area contributed by atoms with E-state index in [1.54, 1.807) is 33.8 Å². The van der Waals surface area contributed by atoms with Crippen LogP contribution in [0.3, 0.4) is 0 Å². The van der Waals surface area contributed by atoms with E-state index in [1.165, 1.54) is 0 Å². The summed E-state index contributed by atoms with van der Waals surface area (Å²) in [6.45, 7) is 7.90. The van der Waals surface area contributed by atoms with Crippen molar-refractivity contribution in [1.82, 2.24) is 20.0 Å². The molecule has 0 fully saturated rings. The Hall–Kier alpha value is -3.67. The molecule has 2 heterocycles. The van der Waals surface area contributed by atoms with Crippen LogP contribution in [0.25, 0.3) is 11.3 Å². The van der Waals surface area contributed by atoms with Gasteiger partial charge in [-0.25, -0.2) is 0 Å². The molecule has 156 valence electrons. The number of hydrogen-bond acceptors (Lipinski definition) is 5. The number of amides is 3. The van der Waals surface area contributed by atoms with Crippen LogP contribution >= 0.6 is 0 Å². The summed E-state index contributed by atoms with van der Waals surface area (Å²) in [5.74, 6) is -0.371. The number of rotatable bonds is 5. The minimum Gasteiger partial charge on any atom is -0.338 e. The second-order valence-electron chi connectivity index (χ2n) is 8.28. The van der Waals surface area contributed by atoms with E-state index in [0.717, 1.165) is 0 Å². The predicted octanol–water partition coefficient (Wildman–Crippen LogP) is 2.13. The number of benzene rings is 1. The van der Waals surface area contributed by atoms with Crippen molar-refractivity contribution < 1.29 is 14.4 Å². The molecule has 9 nitrogen and oxygen atoms in total. The van der Waals surface area contributed by atoms with E-state index < -0.39 is 5.41 Å². The number of hydrogen-bond donors (Lipinski definition) is 2. The first-order valence-corrected chi connectivity index (χ1v) is 9.57. The zero-order valence-corrected chi connectivity index (χ0v) is 17.4. The maximum Gasteiger partial charge on any atom is 0.273 e. The summed E-state index contributed by atoms with van der Waals surface area (Å²) in [6.07, 6.45) is 0.531. The molecule has 0 saturated carbocycles. The Balaban J connectivity index is 1.90. The van der Waals surface area contributed by atoms with Crippen molar-refractivity contribution in [2.45, 2.75) is 33.7 Å². The quantitative estimate of drug-likeness (QED) is 0.735. The Bertz CT molecular complexity index is 1040. The maximum atomic E-state index is 13.0. The average molecular weight is 408 g/mol. The minimum atomic E-state index is -0.545. The first-order valence-electron chi connectivity index (χ1n) is 9.57. The lowest BCUT2D eigenvalue weighted by Gasteiger charge is -2.32. The molecule has 0 saturated heterocycles. The van der Waals surface area contributed by atoms with E-state index in [4.69, 9.17) is 5.26 Å². The number of nitrogens with one attached hydrogen (secondary N) is 2. The Kier molecular flexibility index (Phi) is 5.60. The number of nitriles is 1. The molecular formula is C21H24N6O3. The standard InChI is InChI=1S/C21H24N6O3/c1-13-10-26(11-23-20(30)21(2,3)4)19(29)18-8-17(25-27(13)18)15-6-5-14(9-22)7-16(15)24-12-28/h5-8,12-13H,10-11H2,1-4H3,(H,23,30)(H,24,28). The van der Waals surface area contributed by atoms with Gasteiger partial charge in [-0.15, -0.1) is 0 Å². The molecule has 2 N–H and O–H groups in total. The molecule has 1 aromatic carbocycles. The van der Waals surface area contributed by atoms with Crippen molar-refractivity contribution in [1.29, 1.82) is 5.26 Å². The van der Waals surface area contributed by atoms with Crippen molar-refractivity contribution in [3.05, 3.63) is 35.5 Å². The zero-order valence-electron chi connectivity index (χ0n) is 17.4. The molecular weight excluding hydrogens is 384 g/mol. The lowest BCUT2D eigenvalue weighted by Crippen LogP contribution is -2.49. The van der Waals surface area contributed by atoms with Crippen LogP contribution < -0.4 is 10.6 Å². The highest BCUT2D eigenvalue weighted by Crippen LogP contribution is 2.31. The monoisotopic (exact) mass is 408 g/mol. The molecule has 9 heteroatoms. The summed E-state index contributed by atoms with van der Waals surface area (Å²) in [5, 5.41) is 19.1. The second-order valence-corrected chi connectivity index (χ2v) is 8.28. The van der Waals surface area contributed by atoms with Crippen LogP contribution in [-0.2, 0) is 9.59 Å². The SMILES string of the molecule is CC1CN(CNC(=O)C(C)(C)C)C(=O)c2cc(-c3ccc(C#N)cc3NC=O)nn21. The highest BCUT2D eigenvalue weighted by Gasteiger charge is 2.32. The van der Waals surface area contributed by atoms with Crippen molar-refractivity contribution >= 4 is 23.9 Å². The van der Waals surface area contributed by atoms with Gasteiger partial charge in [0, 0.05) is 17.5 Å². The molecule has 1 aliphatic heterocycles. The second kappa shape index (κ2) is 7.99. The van der Waals surface area contributed by atoms with Crippen LogP contribution in [0.15, 0.2) is 24.3 Å². The summed E-state index contributed by atoms with van der Waals surface area (Å²) in [5.41, 5.74) is 1.81. The van der Waals surface area contributed by atoms with Gasteiger partial charge in [-0.1, -0.05) is 20.8 Å². The van der Waals surface area contributed by atoms with Crippen LogP contribution in [0.5, 0.6) is 0 Å². The van der Waals surface area contributed by atoms with Crippen LogP contribution in [0.1, 0.15) is 49.8 Å². The Morgan fingerprint density at radius 1 is 1.37 bits per heavy atom. The normalized spacial score (nSPS) is 15.9. The lowest BCUT2D eigenvalue weighted by molar-refractivity contribution is -0.129. The molecule has 1 atom stereocenters. The van der Waals surface area contributed by atoms with E-state index in [-0.39, 0.29) is 24.5 Å². The molecule has 1 aliphatic rings. The summed E-state index contributed by atoms with van der Waals surface area (Å²) in [7, 11) is 0. The van der Waals surface area contributed by atoms with Gasteiger partial charge in [-0.2, -0.15) is 10.4 Å². The predicted molar refractivity (Wildman–Crippen MR) is 110 cm³/mol. The van der Waals surface area contributed by atoms with Crippen molar-refractivity contribution in [3.63, 3.8) is 0 Å². The summed E-state index contributed by atoms with van der Waals surface area (Å²) in [4.78, 5) is 37.7. The Morgan fingerprint density at radius 2 is 2.10 bits per heavy atom. The van der Waals surface area contributed by atoms with E-state index in [0.29, 0.717) is 41.2 Å². The molecule has 30 heavy (non-hydrogen) atoms. The lowest BCUT2D eigenvalue weighted by atomic mass is 9.96. The van der Waals surface area contributed by atoms with Gasteiger partial charge in [0.05, 0.1) is 35.7 Å². The number of fused-ring (bicyclic) bond motifs is 1. The molecule has 2 aromatic rings. The van der Waals surface area contributed by atoms with E-state index in [2.05, 4.69) is 15.7 Å². The van der Waals surface area contributed by atoms with Gasteiger partial charge in [0.1, 0.15) is 5.69 Å². The Labute approximate surface area is 174 Å². The van der Waals surface area contributed by atoms with Crippen LogP contribution in [0, 0.1) is 16.7 Å². The van der Waals surface area contributed by atoms with Gasteiger partial charge in [-0.05, 0) is 31.2 Å². The van der Waals surface area contributed by atoms with Crippen LogP contribution in [0.4, 0.5) is 5.69 Å². The largest absolute Gasteiger partial charge is 0.338 e. The Morgan fingerprint density at radius 3 is 2.73 bits per heavy atom. The summed E-state index contributed by atoms with van der Waals surface area (Å²) in [6, 6.07) is 8.47. The topological polar surface area (TPSA) is 120 Å². The van der Waals surface area contributed by atoms with Gasteiger partial charge >= 0.3 is 0 Å².